The third-order valence-electron chi connectivity index (χ3n) is 5.20. The zero-order valence-corrected chi connectivity index (χ0v) is 19.7. The van der Waals surface area contributed by atoms with E-state index in [1.807, 2.05) is 0 Å². The first kappa shape index (κ1) is 28.4. The van der Waals surface area contributed by atoms with Crippen LogP contribution in [0.5, 0.6) is 0 Å². The molecule has 0 aliphatic heterocycles. The Hall–Kier alpha value is -1.57. The lowest BCUT2D eigenvalue weighted by atomic mass is 10.1. The first-order valence-electron chi connectivity index (χ1n) is 12.6. The molecule has 0 spiro atoms. The molecule has 2 heteroatoms. The van der Waals surface area contributed by atoms with Crippen molar-refractivity contribution >= 4 is 5.97 Å². The molecule has 1 N–H and O–H groups in total. The number of unbranched alkanes of at least 4 members (excludes halogenated alkanes) is 12. The van der Waals surface area contributed by atoms with Crippen LogP contribution in [-0.2, 0) is 4.79 Å². The zero-order valence-electron chi connectivity index (χ0n) is 19.7. The van der Waals surface area contributed by atoms with Crippen LogP contribution in [0.2, 0.25) is 0 Å². The van der Waals surface area contributed by atoms with E-state index in [1.54, 1.807) is 0 Å². The predicted molar refractivity (Wildman–Crippen MR) is 133 cm³/mol. The number of carbonyl (C=O) groups is 1. The summed E-state index contributed by atoms with van der Waals surface area (Å²) < 4.78 is 0. The molecular weight excluding hydrogens is 368 g/mol. The summed E-state index contributed by atoms with van der Waals surface area (Å²) in [5, 5.41) is 8.58. The molecule has 0 fully saturated rings. The molecule has 0 radical (unpaired) electrons. The van der Waals surface area contributed by atoms with E-state index in [0.29, 0.717) is 6.42 Å². The van der Waals surface area contributed by atoms with Gasteiger partial charge in [-0.1, -0.05) is 100 Å². The third-order valence-corrected chi connectivity index (χ3v) is 5.20. The summed E-state index contributed by atoms with van der Waals surface area (Å²) in [5.74, 6) is -0.664. The highest BCUT2D eigenvalue weighted by atomic mass is 16.4. The van der Waals surface area contributed by atoms with Crippen molar-refractivity contribution in [2.24, 2.45) is 0 Å². The first-order valence-corrected chi connectivity index (χ1v) is 12.6. The summed E-state index contributed by atoms with van der Waals surface area (Å²) >= 11 is 0. The Balaban J connectivity index is 3.22. The van der Waals surface area contributed by atoms with Crippen molar-refractivity contribution in [3.63, 3.8) is 0 Å². The van der Waals surface area contributed by atoms with E-state index in [9.17, 15) is 4.79 Å². The lowest BCUT2D eigenvalue weighted by molar-refractivity contribution is -0.137. The second-order valence-electron chi connectivity index (χ2n) is 8.16. The van der Waals surface area contributed by atoms with Crippen LogP contribution in [0.3, 0.4) is 0 Å². The molecule has 0 unspecified atom stereocenters. The topological polar surface area (TPSA) is 37.3 Å². The molecule has 0 aromatic carbocycles. The van der Waals surface area contributed by atoms with Gasteiger partial charge in [-0.2, -0.15) is 0 Å². The molecule has 0 heterocycles. The quantitative estimate of drug-likeness (QED) is 0.141. The van der Waals surface area contributed by atoms with Crippen molar-refractivity contribution in [2.75, 3.05) is 0 Å². The van der Waals surface area contributed by atoms with Crippen LogP contribution < -0.4 is 0 Å². The summed E-state index contributed by atoms with van der Waals surface area (Å²) in [5.41, 5.74) is 0. The van der Waals surface area contributed by atoms with E-state index in [2.05, 4.69) is 55.5 Å². The first-order chi connectivity index (χ1) is 14.8. The van der Waals surface area contributed by atoms with Crippen molar-refractivity contribution in [1.29, 1.82) is 0 Å². The highest BCUT2D eigenvalue weighted by Gasteiger charge is 1.96. The second kappa shape index (κ2) is 25.5. The van der Waals surface area contributed by atoms with Crippen LogP contribution in [0, 0.1) is 0 Å². The highest BCUT2D eigenvalue weighted by Crippen LogP contribution is 2.11. The average molecular weight is 417 g/mol. The molecule has 2 nitrogen and oxygen atoms in total. The molecule has 0 atom stereocenters. The number of carboxylic acids is 1. The maximum Gasteiger partial charge on any atom is 0.303 e. The Bertz CT molecular complexity index is 471. The van der Waals surface area contributed by atoms with Gasteiger partial charge in [0.1, 0.15) is 0 Å². The molecule has 30 heavy (non-hydrogen) atoms. The minimum absolute atomic E-state index is 0.329. The molecule has 0 rings (SSSR count). The predicted octanol–water partition coefficient (Wildman–Crippen LogP) is 9.34. The van der Waals surface area contributed by atoms with Gasteiger partial charge in [-0.25, -0.2) is 0 Å². The van der Waals surface area contributed by atoms with Gasteiger partial charge in [0.2, 0.25) is 0 Å². The standard InChI is InChI=1S/C28H48O2/c1-2-3-4-5-6-7-8-9-10-11-12-13-14-15-16-17-18-19-20-21-22-23-24-25-26-27-28(29)30/h3-4,6-7,9-10,18-19H,2,5,8,11-17,20-27H2,1H3,(H,29,30)/b4-3+,7-6+,10-9+,19-18+. The maximum absolute atomic E-state index is 10.4. The van der Waals surface area contributed by atoms with Gasteiger partial charge in [0, 0.05) is 6.42 Å². The number of allylic oxidation sites excluding steroid dienone is 8. The van der Waals surface area contributed by atoms with Gasteiger partial charge in [0.25, 0.3) is 0 Å². The minimum Gasteiger partial charge on any atom is -0.481 e. The average Bonchev–Trinajstić information content (AvgIpc) is 2.73. The van der Waals surface area contributed by atoms with Gasteiger partial charge in [-0.15, -0.1) is 0 Å². The number of hydrogen-bond acceptors (Lipinski definition) is 1. The van der Waals surface area contributed by atoms with Crippen molar-refractivity contribution in [3.05, 3.63) is 48.6 Å². The lowest BCUT2D eigenvalue weighted by Gasteiger charge is -2.00. The molecule has 0 aliphatic carbocycles. The fourth-order valence-electron chi connectivity index (χ4n) is 3.36. The van der Waals surface area contributed by atoms with E-state index in [-0.39, 0.29) is 0 Å². The molecule has 0 aromatic heterocycles. The van der Waals surface area contributed by atoms with Crippen LogP contribution in [0.4, 0.5) is 0 Å². The van der Waals surface area contributed by atoms with E-state index in [1.165, 1.54) is 77.0 Å². The van der Waals surface area contributed by atoms with Gasteiger partial charge >= 0.3 is 5.97 Å². The van der Waals surface area contributed by atoms with Crippen LogP contribution in [0.15, 0.2) is 48.6 Å². The Labute approximate surface area is 187 Å². The minimum atomic E-state index is -0.664. The normalized spacial score (nSPS) is 12.3. The van der Waals surface area contributed by atoms with Gasteiger partial charge in [-0.3, -0.25) is 4.79 Å². The maximum atomic E-state index is 10.4. The van der Waals surface area contributed by atoms with E-state index in [0.717, 1.165) is 32.1 Å². The van der Waals surface area contributed by atoms with Crippen molar-refractivity contribution in [3.8, 4) is 0 Å². The summed E-state index contributed by atoms with van der Waals surface area (Å²) in [6, 6.07) is 0. The van der Waals surface area contributed by atoms with Crippen molar-refractivity contribution in [2.45, 2.75) is 122 Å². The molecule has 0 saturated heterocycles. The van der Waals surface area contributed by atoms with Crippen LogP contribution in [-0.4, -0.2) is 11.1 Å². The largest absolute Gasteiger partial charge is 0.481 e. The SMILES string of the molecule is CC/C=C/C/C=C/C/C=C/CCCCCCC/C=C/CCCCCCCCC(=O)O. The van der Waals surface area contributed by atoms with Gasteiger partial charge in [0.05, 0.1) is 0 Å². The van der Waals surface area contributed by atoms with Gasteiger partial charge in [-0.05, 0) is 64.2 Å². The summed E-state index contributed by atoms with van der Waals surface area (Å²) in [6.07, 6.45) is 39.2. The number of aliphatic carboxylic acids is 1. The molecule has 0 amide bonds. The number of hydrogen-bond donors (Lipinski definition) is 1. The zero-order chi connectivity index (χ0) is 22.0. The van der Waals surface area contributed by atoms with Crippen LogP contribution in [0.1, 0.15) is 122 Å². The summed E-state index contributed by atoms with van der Waals surface area (Å²) in [6.45, 7) is 2.17. The molecule has 0 aliphatic rings. The lowest BCUT2D eigenvalue weighted by Crippen LogP contribution is -1.93. The van der Waals surface area contributed by atoms with Gasteiger partial charge in [0.15, 0.2) is 0 Å². The molecule has 0 saturated carbocycles. The Kier molecular flexibility index (Phi) is 24.1. The summed E-state index contributed by atoms with van der Waals surface area (Å²) in [4.78, 5) is 10.4. The molecule has 0 aromatic rings. The van der Waals surface area contributed by atoms with E-state index < -0.39 is 5.97 Å². The smallest absolute Gasteiger partial charge is 0.303 e. The third kappa shape index (κ3) is 26.4. The Morgan fingerprint density at radius 2 is 0.900 bits per heavy atom. The van der Waals surface area contributed by atoms with E-state index >= 15 is 0 Å². The van der Waals surface area contributed by atoms with E-state index in [4.69, 9.17) is 5.11 Å². The monoisotopic (exact) mass is 416 g/mol. The highest BCUT2D eigenvalue weighted by molar-refractivity contribution is 5.66. The van der Waals surface area contributed by atoms with Crippen LogP contribution >= 0.6 is 0 Å². The van der Waals surface area contributed by atoms with Gasteiger partial charge < -0.3 is 5.11 Å². The molecule has 172 valence electrons. The fourth-order valence-corrected chi connectivity index (χ4v) is 3.36. The van der Waals surface area contributed by atoms with Crippen molar-refractivity contribution < 1.29 is 9.90 Å². The Morgan fingerprint density at radius 1 is 0.533 bits per heavy atom. The molecular formula is C28H48O2. The number of carboxylic acid groups (broad SMARTS) is 1. The van der Waals surface area contributed by atoms with Crippen LogP contribution in [0.25, 0.3) is 0 Å². The second-order valence-corrected chi connectivity index (χ2v) is 8.16. The van der Waals surface area contributed by atoms with Crippen molar-refractivity contribution in [1.82, 2.24) is 0 Å². The number of rotatable bonds is 22. The Morgan fingerprint density at radius 3 is 1.37 bits per heavy atom. The summed E-state index contributed by atoms with van der Waals surface area (Å²) in [7, 11) is 0. The molecule has 0 bridgehead atoms. The fraction of sp³-hybridized carbons (Fsp3) is 0.679.